The topological polar surface area (TPSA) is 91.2 Å². The molecule has 0 saturated heterocycles. The summed E-state index contributed by atoms with van der Waals surface area (Å²) in [5.41, 5.74) is -12.4. The number of aryl methyl sites for hydroxylation is 2. The van der Waals surface area contributed by atoms with E-state index in [2.05, 4.69) is 42.4 Å². The molecule has 0 bridgehead atoms. The Kier molecular flexibility index (Phi) is 10.8. The maximum Gasteiger partial charge on any atom is 0.480 e. The number of hydrogen-bond acceptors (Lipinski definition) is 4. The maximum atomic E-state index is 11.4. The molecule has 0 radical (unpaired) electrons. The summed E-state index contributed by atoms with van der Waals surface area (Å²) in [6.45, 7) is 5.62. The molecule has 1 aromatic heterocycles. The van der Waals surface area contributed by atoms with Gasteiger partial charge in [-0.3, -0.25) is 0 Å². The van der Waals surface area contributed by atoms with Gasteiger partial charge in [0.05, 0.1) is 13.6 Å². The number of hydrogen-bond donors (Lipinski definition) is 0. The molecule has 0 N–H and O–H groups in total. The molecule has 1 aromatic rings. The molecule has 0 atom stereocenters. The molecule has 1 rings (SSSR count). The van der Waals surface area contributed by atoms with Crippen LogP contribution in [0, 0.1) is 6.92 Å². The van der Waals surface area contributed by atoms with E-state index in [9.17, 15) is 43.2 Å². The lowest BCUT2D eigenvalue weighted by molar-refractivity contribution is -0.677. The van der Waals surface area contributed by atoms with Crippen molar-refractivity contribution < 1.29 is 47.7 Å². The van der Waals surface area contributed by atoms with E-state index in [-0.39, 0.29) is 0 Å². The summed E-state index contributed by atoms with van der Waals surface area (Å²) in [6, 6.07) is 0. The van der Waals surface area contributed by atoms with Crippen molar-refractivity contribution >= 4 is 20.0 Å². The summed E-state index contributed by atoms with van der Waals surface area (Å²) in [5, 5.41) is 0. The molecule has 0 aromatic carbocycles. The molecule has 0 amide bonds. The predicted molar refractivity (Wildman–Crippen MR) is 97.0 cm³/mol. The molecule has 0 aliphatic heterocycles. The van der Waals surface area contributed by atoms with Crippen LogP contribution in [0.3, 0.4) is 0 Å². The molecule has 30 heavy (non-hydrogen) atoms. The minimum atomic E-state index is -6.72. The van der Waals surface area contributed by atoms with E-state index < -0.39 is 31.1 Å². The second-order valence-electron chi connectivity index (χ2n) is 6.33. The quantitative estimate of drug-likeness (QED) is 0.297. The lowest BCUT2D eigenvalue weighted by Gasteiger charge is -2.22. The van der Waals surface area contributed by atoms with Crippen LogP contribution in [0.4, 0.5) is 26.3 Å². The first kappa shape index (κ1) is 28.6. The number of rotatable bonds is 9. The summed E-state index contributed by atoms with van der Waals surface area (Å²) in [4.78, 5) is 0. The number of unbranched alkanes of at least 4 members (excludes halogenated alkanes) is 5. The van der Waals surface area contributed by atoms with Gasteiger partial charge in [-0.25, -0.2) is 26.0 Å². The van der Waals surface area contributed by atoms with Gasteiger partial charge in [-0.15, -0.1) is 0 Å². The van der Waals surface area contributed by atoms with E-state index in [1.54, 1.807) is 0 Å². The average Bonchev–Trinajstić information content (AvgIpc) is 2.87. The Bertz CT molecular complexity index is 820. The highest BCUT2D eigenvalue weighted by Gasteiger charge is 2.46. The van der Waals surface area contributed by atoms with Gasteiger partial charge >= 0.3 is 11.0 Å². The van der Waals surface area contributed by atoms with Crippen LogP contribution in [-0.2, 0) is 33.6 Å². The van der Waals surface area contributed by atoms with E-state index in [4.69, 9.17) is 0 Å². The Morgan fingerprint density at radius 1 is 0.900 bits per heavy atom. The highest BCUT2D eigenvalue weighted by molar-refractivity contribution is 8.13. The second kappa shape index (κ2) is 11.3. The number of aromatic nitrogens is 2. The van der Waals surface area contributed by atoms with Crippen LogP contribution in [0.2, 0.25) is 0 Å². The monoisotopic (exact) mass is 489 g/mol. The van der Waals surface area contributed by atoms with Gasteiger partial charge in [-0.1, -0.05) is 32.6 Å². The smallest absolute Gasteiger partial charge is 0.421 e. The van der Waals surface area contributed by atoms with Crippen molar-refractivity contribution in [2.75, 3.05) is 0 Å². The van der Waals surface area contributed by atoms with E-state index in [1.165, 1.54) is 50.9 Å². The van der Waals surface area contributed by atoms with Crippen molar-refractivity contribution in [1.29, 1.82) is 0 Å². The third-order valence-electron chi connectivity index (χ3n) is 3.93. The molecular formula is C15H25F6N3O4S2. The van der Waals surface area contributed by atoms with Crippen LogP contribution in [0.1, 0.15) is 51.3 Å². The maximum absolute atomic E-state index is 11.4. The molecule has 0 saturated carbocycles. The predicted octanol–water partition coefficient (Wildman–Crippen LogP) is 4.04. The van der Waals surface area contributed by atoms with Crippen LogP contribution in [0.5, 0.6) is 0 Å². The van der Waals surface area contributed by atoms with Gasteiger partial charge in [0, 0.05) is 6.92 Å². The van der Waals surface area contributed by atoms with E-state index in [0.29, 0.717) is 0 Å². The van der Waals surface area contributed by atoms with Gasteiger partial charge in [0.25, 0.3) is 5.82 Å². The van der Waals surface area contributed by atoms with Crippen LogP contribution in [0.15, 0.2) is 12.4 Å². The average molecular weight is 490 g/mol. The zero-order chi connectivity index (χ0) is 23.8. The highest BCUT2D eigenvalue weighted by atomic mass is 32.3. The first-order chi connectivity index (χ1) is 13.5. The number of alkyl halides is 6. The Labute approximate surface area is 172 Å². The van der Waals surface area contributed by atoms with E-state index >= 15 is 0 Å². The summed E-state index contributed by atoms with van der Waals surface area (Å²) < 4.78 is 114. The highest BCUT2D eigenvalue weighted by Crippen LogP contribution is 2.36. The number of nitrogens with zero attached hydrogens (tertiary/aromatic N) is 3. The van der Waals surface area contributed by atoms with Gasteiger partial charge in [0.15, 0.2) is 20.0 Å². The second-order valence-corrected chi connectivity index (χ2v) is 9.76. The Hall–Kier alpha value is -1.35. The van der Waals surface area contributed by atoms with Crippen molar-refractivity contribution in [2.24, 2.45) is 7.05 Å². The van der Waals surface area contributed by atoms with Crippen molar-refractivity contribution in [2.45, 2.75) is 69.9 Å². The van der Waals surface area contributed by atoms with Crippen molar-refractivity contribution in [3.63, 3.8) is 0 Å². The largest absolute Gasteiger partial charge is 0.480 e. The van der Waals surface area contributed by atoms with Crippen LogP contribution in [-0.4, -0.2) is 32.4 Å². The van der Waals surface area contributed by atoms with Gasteiger partial charge in [0.2, 0.25) is 0 Å². The van der Waals surface area contributed by atoms with Gasteiger partial charge < -0.3 is 4.13 Å². The lowest BCUT2D eigenvalue weighted by Crippen LogP contribution is -2.30. The molecule has 0 spiro atoms. The fourth-order valence-corrected chi connectivity index (χ4v) is 3.82. The fourth-order valence-electron chi connectivity index (χ4n) is 2.11. The third kappa shape index (κ3) is 9.20. The van der Waals surface area contributed by atoms with Crippen LogP contribution < -0.4 is 4.57 Å². The Balaban J connectivity index is 0.000000561. The van der Waals surface area contributed by atoms with Crippen LogP contribution in [0.25, 0.3) is 4.13 Å². The summed E-state index contributed by atoms with van der Waals surface area (Å²) >= 11 is 0. The Morgan fingerprint density at radius 3 is 1.70 bits per heavy atom. The number of imidazole rings is 1. The summed E-state index contributed by atoms with van der Waals surface area (Å²) in [6.07, 6.45) is 12.6. The SMILES string of the molecule is CCCCCCCCn1cc[n+](C)c1C.O=S(=O)([N-]S(=O)(=O)C(F)(F)F)C(F)(F)F. The van der Waals surface area contributed by atoms with Crippen LogP contribution >= 0.6 is 0 Å². The lowest BCUT2D eigenvalue weighted by atomic mass is 10.1. The molecule has 0 aliphatic carbocycles. The van der Waals surface area contributed by atoms with E-state index in [0.717, 1.165) is 4.13 Å². The normalized spacial score (nSPS) is 13.1. The molecule has 1 heterocycles. The first-order valence-electron chi connectivity index (χ1n) is 8.84. The molecule has 7 nitrogen and oxygen atoms in total. The fraction of sp³-hybridized carbons (Fsp3) is 0.800. The molecule has 178 valence electrons. The standard InChI is InChI=1S/C13H25N2.C2F6NO4S2/c1-4-5-6-7-8-9-10-15-12-11-14(3)13(15)2;3-1(4,5)14(10,11)9-15(12,13)2(6,7)8/h11-12H,4-10H2,1-3H3;/q+1;-1. The van der Waals surface area contributed by atoms with Crippen molar-refractivity contribution in [3.8, 4) is 0 Å². The van der Waals surface area contributed by atoms with Gasteiger partial charge in [0.1, 0.15) is 12.4 Å². The first-order valence-corrected chi connectivity index (χ1v) is 11.7. The molecule has 0 unspecified atom stereocenters. The van der Waals surface area contributed by atoms with Gasteiger partial charge in [-0.05, 0) is 12.8 Å². The molecular weight excluding hydrogens is 464 g/mol. The van der Waals surface area contributed by atoms with Crippen molar-refractivity contribution in [1.82, 2.24) is 4.57 Å². The number of sulfonamides is 2. The molecule has 0 fully saturated rings. The molecule has 0 aliphatic rings. The zero-order valence-electron chi connectivity index (χ0n) is 16.7. The van der Waals surface area contributed by atoms with E-state index in [1.807, 2.05) is 0 Å². The third-order valence-corrected chi connectivity index (χ3v) is 6.67. The number of halogens is 6. The Morgan fingerprint density at radius 2 is 1.33 bits per heavy atom. The minimum absolute atomic E-state index is 0.778. The zero-order valence-corrected chi connectivity index (χ0v) is 18.3. The van der Waals surface area contributed by atoms with Crippen molar-refractivity contribution in [3.05, 3.63) is 22.3 Å². The van der Waals surface area contributed by atoms with Gasteiger partial charge in [-0.2, -0.15) is 26.3 Å². The minimum Gasteiger partial charge on any atom is -0.421 e. The molecule has 15 heteroatoms. The summed E-state index contributed by atoms with van der Waals surface area (Å²) in [7, 11) is -11.3. The summed E-state index contributed by atoms with van der Waals surface area (Å²) in [5.74, 6) is 1.35.